The number of para-hydroxylation sites is 1. The van der Waals surface area contributed by atoms with E-state index >= 15 is 0 Å². The average molecular weight is 224 g/mol. The molecule has 2 aromatic heterocycles. The Bertz CT molecular complexity index is 634. The summed E-state index contributed by atoms with van der Waals surface area (Å²) >= 11 is 0. The molecule has 3 aromatic rings. The highest BCUT2D eigenvalue weighted by Crippen LogP contribution is 2.34. The smallest absolute Gasteiger partial charge is 0.141 e. The van der Waals surface area contributed by atoms with E-state index in [-0.39, 0.29) is 5.41 Å². The standard InChI is InChI=1S/C15H16N2/c1-15(2,3)13-11-7-4-5-8-12(11)17-10-6-9-16-14(13)17/h4-10H,1-3H3. The molecule has 0 fully saturated rings. The molecule has 0 N–H and O–H groups in total. The van der Waals surface area contributed by atoms with Crippen molar-refractivity contribution in [2.24, 2.45) is 0 Å². The van der Waals surface area contributed by atoms with Gasteiger partial charge in [-0.25, -0.2) is 4.98 Å². The number of hydrogen-bond acceptors (Lipinski definition) is 1. The molecule has 0 aliphatic carbocycles. The van der Waals surface area contributed by atoms with Crippen molar-refractivity contribution >= 4 is 16.6 Å². The van der Waals surface area contributed by atoms with Crippen LogP contribution in [-0.2, 0) is 5.41 Å². The molecule has 2 heteroatoms. The molecule has 0 bridgehead atoms. The predicted molar refractivity (Wildman–Crippen MR) is 71.4 cm³/mol. The first kappa shape index (κ1) is 10.3. The first-order valence-corrected chi connectivity index (χ1v) is 5.93. The van der Waals surface area contributed by atoms with Crippen LogP contribution in [0.5, 0.6) is 0 Å². The van der Waals surface area contributed by atoms with Crippen LogP contribution in [0.15, 0.2) is 42.7 Å². The van der Waals surface area contributed by atoms with Crippen LogP contribution in [0.3, 0.4) is 0 Å². The van der Waals surface area contributed by atoms with Gasteiger partial charge in [0.05, 0.1) is 5.52 Å². The number of nitrogens with zero attached hydrogens (tertiary/aromatic N) is 2. The van der Waals surface area contributed by atoms with Crippen LogP contribution in [0.25, 0.3) is 16.6 Å². The molecule has 0 atom stereocenters. The average Bonchev–Trinajstić information content (AvgIpc) is 2.63. The summed E-state index contributed by atoms with van der Waals surface area (Å²) in [5.74, 6) is 0. The summed E-state index contributed by atoms with van der Waals surface area (Å²) in [6.07, 6.45) is 3.95. The van der Waals surface area contributed by atoms with E-state index in [9.17, 15) is 0 Å². The van der Waals surface area contributed by atoms with Gasteiger partial charge >= 0.3 is 0 Å². The Morgan fingerprint density at radius 3 is 2.59 bits per heavy atom. The van der Waals surface area contributed by atoms with Crippen LogP contribution in [0.2, 0.25) is 0 Å². The van der Waals surface area contributed by atoms with Crippen LogP contribution < -0.4 is 0 Å². The van der Waals surface area contributed by atoms with Crippen molar-refractivity contribution < 1.29 is 0 Å². The van der Waals surface area contributed by atoms with Crippen molar-refractivity contribution in [2.45, 2.75) is 26.2 Å². The Kier molecular flexibility index (Phi) is 2.02. The van der Waals surface area contributed by atoms with Crippen LogP contribution in [-0.4, -0.2) is 9.38 Å². The third-order valence-corrected chi connectivity index (χ3v) is 3.15. The Morgan fingerprint density at radius 1 is 1.06 bits per heavy atom. The third-order valence-electron chi connectivity index (χ3n) is 3.15. The highest BCUT2D eigenvalue weighted by atomic mass is 15.0. The van der Waals surface area contributed by atoms with Crippen molar-refractivity contribution in [3.63, 3.8) is 0 Å². The van der Waals surface area contributed by atoms with E-state index in [4.69, 9.17) is 0 Å². The van der Waals surface area contributed by atoms with Crippen molar-refractivity contribution in [3.05, 3.63) is 48.3 Å². The molecule has 0 saturated heterocycles. The molecule has 0 radical (unpaired) electrons. The van der Waals surface area contributed by atoms with Crippen LogP contribution in [0.1, 0.15) is 26.3 Å². The van der Waals surface area contributed by atoms with E-state index in [1.807, 2.05) is 12.3 Å². The summed E-state index contributed by atoms with van der Waals surface area (Å²) in [5, 5.41) is 1.30. The van der Waals surface area contributed by atoms with Crippen LogP contribution >= 0.6 is 0 Å². The third kappa shape index (κ3) is 1.44. The van der Waals surface area contributed by atoms with Gasteiger partial charge in [0.2, 0.25) is 0 Å². The lowest BCUT2D eigenvalue weighted by molar-refractivity contribution is 0.599. The minimum atomic E-state index is 0.0999. The Morgan fingerprint density at radius 2 is 1.82 bits per heavy atom. The topological polar surface area (TPSA) is 17.3 Å². The van der Waals surface area contributed by atoms with Gasteiger partial charge in [-0.1, -0.05) is 39.0 Å². The fourth-order valence-corrected chi connectivity index (χ4v) is 2.51. The number of hydrogen-bond donors (Lipinski definition) is 0. The first-order chi connectivity index (χ1) is 8.09. The lowest BCUT2D eigenvalue weighted by Gasteiger charge is -2.17. The van der Waals surface area contributed by atoms with Gasteiger partial charge in [0.1, 0.15) is 5.65 Å². The summed E-state index contributed by atoms with van der Waals surface area (Å²) in [6, 6.07) is 10.5. The zero-order chi connectivity index (χ0) is 12.0. The molecule has 0 aliphatic rings. The van der Waals surface area contributed by atoms with Gasteiger partial charge in [0, 0.05) is 23.3 Å². The summed E-state index contributed by atoms with van der Waals surface area (Å²) in [6.45, 7) is 6.72. The Labute approximate surface area is 101 Å². The van der Waals surface area contributed by atoms with Gasteiger partial charge in [-0.05, 0) is 17.5 Å². The monoisotopic (exact) mass is 224 g/mol. The van der Waals surface area contributed by atoms with Crippen molar-refractivity contribution in [2.75, 3.05) is 0 Å². The van der Waals surface area contributed by atoms with Gasteiger partial charge in [0.15, 0.2) is 0 Å². The maximum Gasteiger partial charge on any atom is 0.141 e. The predicted octanol–water partition coefficient (Wildman–Crippen LogP) is 3.79. The Balaban J connectivity index is 2.60. The fraction of sp³-hybridized carbons (Fsp3) is 0.267. The van der Waals surface area contributed by atoms with E-state index < -0.39 is 0 Å². The minimum Gasteiger partial charge on any atom is -0.301 e. The highest BCUT2D eigenvalue weighted by Gasteiger charge is 2.23. The second kappa shape index (κ2) is 3.33. The molecule has 0 amide bonds. The van der Waals surface area contributed by atoms with Crippen molar-refractivity contribution in [3.8, 4) is 0 Å². The van der Waals surface area contributed by atoms with Gasteiger partial charge < -0.3 is 4.40 Å². The molecule has 0 spiro atoms. The number of aromatic nitrogens is 2. The highest BCUT2D eigenvalue weighted by molar-refractivity contribution is 5.92. The lowest BCUT2D eigenvalue weighted by Crippen LogP contribution is -2.11. The summed E-state index contributed by atoms with van der Waals surface area (Å²) in [7, 11) is 0. The molecule has 2 nitrogen and oxygen atoms in total. The van der Waals surface area contributed by atoms with E-state index in [0.717, 1.165) is 5.65 Å². The minimum absolute atomic E-state index is 0.0999. The molecule has 1 aromatic carbocycles. The number of fused-ring (bicyclic) bond motifs is 3. The summed E-state index contributed by atoms with van der Waals surface area (Å²) in [5.41, 5.74) is 3.73. The van der Waals surface area contributed by atoms with E-state index in [1.165, 1.54) is 16.5 Å². The molecule has 3 rings (SSSR count). The molecule has 0 aliphatic heterocycles. The van der Waals surface area contributed by atoms with Gasteiger partial charge in [-0.15, -0.1) is 0 Å². The summed E-state index contributed by atoms with van der Waals surface area (Å²) < 4.78 is 2.18. The Hall–Kier alpha value is -1.83. The largest absolute Gasteiger partial charge is 0.301 e. The normalized spacial score (nSPS) is 12.4. The molecular formula is C15H16N2. The maximum atomic E-state index is 4.55. The van der Waals surface area contributed by atoms with Crippen LogP contribution in [0.4, 0.5) is 0 Å². The van der Waals surface area contributed by atoms with Gasteiger partial charge in [-0.3, -0.25) is 0 Å². The second-order valence-electron chi connectivity index (χ2n) is 5.46. The lowest BCUT2D eigenvalue weighted by atomic mass is 9.86. The van der Waals surface area contributed by atoms with Crippen molar-refractivity contribution in [1.29, 1.82) is 0 Å². The quantitative estimate of drug-likeness (QED) is 0.568. The number of benzene rings is 1. The summed E-state index contributed by atoms with van der Waals surface area (Å²) in [4.78, 5) is 4.55. The van der Waals surface area contributed by atoms with E-state index in [0.29, 0.717) is 0 Å². The first-order valence-electron chi connectivity index (χ1n) is 5.93. The van der Waals surface area contributed by atoms with Gasteiger partial charge in [0.25, 0.3) is 0 Å². The van der Waals surface area contributed by atoms with Crippen LogP contribution in [0, 0.1) is 0 Å². The van der Waals surface area contributed by atoms with Crippen molar-refractivity contribution in [1.82, 2.24) is 9.38 Å². The zero-order valence-electron chi connectivity index (χ0n) is 10.4. The van der Waals surface area contributed by atoms with E-state index in [2.05, 4.69) is 60.6 Å². The molecule has 17 heavy (non-hydrogen) atoms. The molecule has 0 saturated carbocycles. The fourth-order valence-electron chi connectivity index (χ4n) is 2.51. The molecule has 86 valence electrons. The number of rotatable bonds is 0. The van der Waals surface area contributed by atoms with E-state index in [1.54, 1.807) is 0 Å². The van der Waals surface area contributed by atoms with Gasteiger partial charge in [-0.2, -0.15) is 0 Å². The maximum absolute atomic E-state index is 4.55. The SMILES string of the molecule is CC(C)(C)c1c2ccccc2n2cccnc12. The molecule has 2 heterocycles. The second-order valence-corrected chi connectivity index (χ2v) is 5.46. The molecule has 0 unspecified atom stereocenters. The zero-order valence-corrected chi connectivity index (χ0v) is 10.4. The molecular weight excluding hydrogens is 208 g/mol.